The quantitative estimate of drug-likeness (QED) is 0.845. The van der Waals surface area contributed by atoms with Gasteiger partial charge in [-0.3, -0.25) is 9.58 Å². The van der Waals surface area contributed by atoms with Gasteiger partial charge in [0.25, 0.3) is 0 Å². The Morgan fingerprint density at radius 1 is 1.17 bits per heavy atom. The van der Waals surface area contributed by atoms with Crippen LogP contribution in [0, 0.1) is 0 Å². The predicted molar refractivity (Wildman–Crippen MR) is 77.2 cm³/mol. The lowest BCUT2D eigenvalue weighted by atomic mass is 10.2. The average Bonchev–Trinajstić information content (AvgIpc) is 2.79. The van der Waals surface area contributed by atoms with Gasteiger partial charge in [-0.15, -0.1) is 0 Å². The molecule has 0 fully saturated rings. The smallest absolute Gasteiger partial charge is 0.0534 e. The molecule has 0 saturated carbocycles. The van der Waals surface area contributed by atoms with Crippen LogP contribution in [-0.2, 0) is 19.6 Å². The van der Waals surface area contributed by atoms with Gasteiger partial charge in [0, 0.05) is 35.9 Å². The maximum atomic E-state index is 4.29. The van der Waals surface area contributed by atoms with Crippen molar-refractivity contribution in [2.75, 3.05) is 7.05 Å². The van der Waals surface area contributed by atoms with Crippen molar-refractivity contribution in [2.24, 2.45) is 0 Å². The van der Waals surface area contributed by atoms with Gasteiger partial charge >= 0.3 is 0 Å². The molecule has 96 valence electrons. The number of halogens is 1. The maximum Gasteiger partial charge on any atom is 0.0534 e. The third kappa shape index (κ3) is 3.68. The molecule has 0 amide bonds. The standard InChI is InChI=1S/C14H18BrN3/c1-3-18-11-13(8-16-18)10-17(2)9-12-4-6-14(15)7-5-12/h4-8,11H,3,9-10H2,1-2H3. The summed E-state index contributed by atoms with van der Waals surface area (Å²) >= 11 is 3.45. The van der Waals surface area contributed by atoms with Crippen LogP contribution < -0.4 is 0 Å². The van der Waals surface area contributed by atoms with Crippen molar-refractivity contribution in [3.05, 3.63) is 52.3 Å². The van der Waals surface area contributed by atoms with Crippen LogP contribution in [0.25, 0.3) is 0 Å². The van der Waals surface area contributed by atoms with E-state index in [2.05, 4.69) is 70.4 Å². The Balaban J connectivity index is 1.91. The van der Waals surface area contributed by atoms with Gasteiger partial charge in [0.1, 0.15) is 0 Å². The second kappa shape index (κ2) is 6.16. The van der Waals surface area contributed by atoms with Gasteiger partial charge in [-0.2, -0.15) is 5.10 Å². The molecular weight excluding hydrogens is 290 g/mol. The molecule has 18 heavy (non-hydrogen) atoms. The Morgan fingerprint density at radius 2 is 1.83 bits per heavy atom. The summed E-state index contributed by atoms with van der Waals surface area (Å²) in [6.45, 7) is 4.90. The van der Waals surface area contributed by atoms with Crippen molar-refractivity contribution in [2.45, 2.75) is 26.6 Å². The monoisotopic (exact) mass is 307 g/mol. The molecule has 1 heterocycles. The van der Waals surface area contributed by atoms with Crippen LogP contribution in [0.15, 0.2) is 41.1 Å². The highest BCUT2D eigenvalue weighted by atomic mass is 79.9. The lowest BCUT2D eigenvalue weighted by Crippen LogP contribution is -2.16. The van der Waals surface area contributed by atoms with E-state index in [1.165, 1.54) is 11.1 Å². The Hall–Kier alpha value is -1.13. The first kappa shape index (κ1) is 13.3. The lowest BCUT2D eigenvalue weighted by molar-refractivity contribution is 0.319. The molecule has 2 rings (SSSR count). The number of aromatic nitrogens is 2. The van der Waals surface area contributed by atoms with Crippen molar-refractivity contribution in [3.8, 4) is 0 Å². The van der Waals surface area contributed by atoms with Crippen LogP contribution in [0.2, 0.25) is 0 Å². The van der Waals surface area contributed by atoms with Crippen LogP contribution in [0.4, 0.5) is 0 Å². The summed E-state index contributed by atoms with van der Waals surface area (Å²) in [7, 11) is 2.13. The minimum absolute atomic E-state index is 0.927. The zero-order valence-corrected chi connectivity index (χ0v) is 12.4. The second-order valence-corrected chi connectivity index (χ2v) is 5.42. The number of benzene rings is 1. The molecule has 1 aromatic heterocycles. The van der Waals surface area contributed by atoms with Crippen molar-refractivity contribution in [1.82, 2.24) is 14.7 Å². The summed E-state index contributed by atoms with van der Waals surface area (Å²) in [6, 6.07) is 8.46. The average molecular weight is 308 g/mol. The number of rotatable bonds is 5. The van der Waals surface area contributed by atoms with E-state index in [4.69, 9.17) is 0 Å². The molecule has 0 aliphatic rings. The largest absolute Gasteiger partial charge is 0.298 e. The van der Waals surface area contributed by atoms with Gasteiger partial charge in [-0.1, -0.05) is 28.1 Å². The minimum Gasteiger partial charge on any atom is -0.298 e. The summed E-state index contributed by atoms with van der Waals surface area (Å²) in [4.78, 5) is 2.29. The second-order valence-electron chi connectivity index (χ2n) is 4.50. The first-order valence-electron chi connectivity index (χ1n) is 6.11. The van der Waals surface area contributed by atoms with Crippen LogP contribution in [0.5, 0.6) is 0 Å². The maximum absolute atomic E-state index is 4.29. The van der Waals surface area contributed by atoms with E-state index in [0.717, 1.165) is 24.1 Å². The molecule has 2 aromatic rings. The van der Waals surface area contributed by atoms with Gasteiger partial charge in [0.15, 0.2) is 0 Å². The Bertz CT molecular complexity index is 490. The Kier molecular flexibility index (Phi) is 4.55. The van der Waals surface area contributed by atoms with Crippen molar-refractivity contribution >= 4 is 15.9 Å². The fourth-order valence-corrected chi connectivity index (χ4v) is 2.19. The molecule has 0 aliphatic carbocycles. The lowest BCUT2D eigenvalue weighted by Gasteiger charge is -2.15. The van der Waals surface area contributed by atoms with Crippen LogP contribution >= 0.6 is 15.9 Å². The molecular formula is C14H18BrN3. The zero-order chi connectivity index (χ0) is 13.0. The van der Waals surface area contributed by atoms with E-state index < -0.39 is 0 Å². The molecule has 0 atom stereocenters. The van der Waals surface area contributed by atoms with E-state index in [0.29, 0.717) is 0 Å². The summed E-state index contributed by atoms with van der Waals surface area (Å²) < 4.78 is 3.08. The predicted octanol–water partition coefficient (Wildman–Crippen LogP) is 3.30. The van der Waals surface area contributed by atoms with Crippen LogP contribution in [0.3, 0.4) is 0 Å². The van der Waals surface area contributed by atoms with E-state index in [1.807, 2.05) is 10.9 Å². The fraction of sp³-hybridized carbons (Fsp3) is 0.357. The van der Waals surface area contributed by atoms with Crippen molar-refractivity contribution in [1.29, 1.82) is 0 Å². The van der Waals surface area contributed by atoms with Gasteiger partial charge in [0.05, 0.1) is 6.20 Å². The molecule has 0 spiro atoms. The first-order chi connectivity index (χ1) is 8.67. The number of aryl methyl sites for hydroxylation is 1. The molecule has 0 saturated heterocycles. The third-order valence-electron chi connectivity index (χ3n) is 2.83. The molecule has 4 heteroatoms. The topological polar surface area (TPSA) is 21.1 Å². The highest BCUT2D eigenvalue weighted by Gasteiger charge is 2.04. The molecule has 1 aromatic carbocycles. The van der Waals surface area contributed by atoms with E-state index in [1.54, 1.807) is 0 Å². The highest BCUT2D eigenvalue weighted by Crippen LogP contribution is 2.12. The highest BCUT2D eigenvalue weighted by molar-refractivity contribution is 9.10. The number of hydrogen-bond acceptors (Lipinski definition) is 2. The first-order valence-corrected chi connectivity index (χ1v) is 6.91. The SMILES string of the molecule is CCn1cc(CN(C)Cc2ccc(Br)cc2)cn1. The fourth-order valence-electron chi connectivity index (χ4n) is 1.93. The summed E-state index contributed by atoms with van der Waals surface area (Å²) in [5.74, 6) is 0. The molecule has 0 bridgehead atoms. The van der Waals surface area contributed by atoms with Crippen molar-refractivity contribution in [3.63, 3.8) is 0 Å². The van der Waals surface area contributed by atoms with Gasteiger partial charge < -0.3 is 0 Å². The number of hydrogen-bond donors (Lipinski definition) is 0. The Labute approximate surface area is 117 Å². The van der Waals surface area contributed by atoms with E-state index >= 15 is 0 Å². The summed E-state index contributed by atoms with van der Waals surface area (Å²) in [6.07, 6.45) is 4.06. The summed E-state index contributed by atoms with van der Waals surface area (Å²) in [5.41, 5.74) is 2.58. The molecule has 0 radical (unpaired) electrons. The van der Waals surface area contributed by atoms with Crippen LogP contribution in [0.1, 0.15) is 18.1 Å². The van der Waals surface area contributed by atoms with Crippen LogP contribution in [-0.4, -0.2) is 21.7 Å². The zero-order valence-electron chi connectivity index (χ0n) is 10.8. The van der Waals surface area contributed by atoms with Gasteiger partial charge in [-0.05, 0) is 31.7 Å². The molecule has 0 unspecified atom stereocenters. The van der Waals surface area contributed by atoms with E-state index in [-0.39, 0.29) is 0 Å². The van der Waals surface area contributed by atoms with Gasteiger partial charge in [0.2, 0.25) is 0 Å². The van der Waals surface area contributed by atoms with Crippen molar-refractivity contribution < 1.29 is 0 Å². The molecule has 0 aliphatic heterocycles. The molecule has 0 N–H and O–H groups in total. The Morgan fingerprint density at radius 3 is 2.44 bits per heavy atom. The molecule has 3 nitrogen and oxygen atoms in total. The third-order valence-corrected chi connectivity index (χ3v) is 3.36. The minimum atomic E-state index is 0.927. The van der Waals surface area contributed by atoms with Gasteiger partial charge in [-0.25, -0.2) is 0 Å². The normalized spacial score (nSPS) is 11.1. The number of nitrogens with zero attached hydrogens (tertiary/aromatic N) is 3. The van der Waals surface area contributed by atoms with E-state index in [9.17, 15) is 0 Å². The summed E-state index contributed by atoms with van der Waals surface area (Å²) in [5, 5.41) is 4.29.